The molecule has 168 valence electrons. The molecule has 3 aliphatic carbocycles. The fourth-order valence-corrected chi connectivity index (χ4v) is 8.19. The lowest BCUT2D eigenvalue weighted by molar-refractivity contribution is 0.143. The maximum atomic E-state index is 13.3. The summed E-state index contributed by atoms with van der Waals surface area (Å²) in [5, 5.41) is 14.3. The van der Waals surface area contributed by atoms with Crippen LogP contribution < -0.4 is 10.2 Å². The smallest absolute Gasteiger partial charge is 0.227 e. The lowest BCUT2D eigenvalue weighted by atomic mass is 9.77. The van der Waals surface area contributed by atoms with Gasteiger partial charge in [-0.05, 0) is 68.2 Å². The highest BCUT2D eigenvalue weighted by Crippen LogP contribution is 2.54. The highest BCUT2D eigenvalue weighted by atomic mass is 35.5. The van der Waals surface area contributed by atoms with Gasteiger partial charge in [-0.25, -0.2) is 4.98 Å². The van der Waals surface area contributed by atoms with Gasteiger partial charge in [-0.3, -0.25) is 4.21 Å². The van der Waals surface area contributed by atoms with E-state index < -0.39 is 10.8 Å². The summed E-state index contributed by atoms with van der Waals surface area (Å²) in [4.78, 5) is 12.9. The van der Waals surface area contributed by atoms with Crippen molar-refractivity contribution in [3.05, 3.63) is 40.0 Å². The van der Waals surface area contributed by atoms with E-state index >= 15 is 0 Å². The van der Waals surface area contributed by atoms with E-state index in [1.54, 1.807) is 0 Å². The third kappa shape index (κ3) is 2.77. The number of aliphatic hydroxyl groups excluding tert-OH is 1. The molecule has 1 unspecified atom stereocenters. The molecule has 6 nitrogen and oxygen atoms in total. The fraction of sp³-hybridized carbons (Fsp3) is 0.583. The Morgan fingerprint density at radius 3 is 2.56 bits per heavy atom. The zero-order valence-electron chi connectivity index (χ0n) is 18.0. The van der Waals surface area contributed by atoms with Crippen LogP contribution in [0.4, 0.5) is 11.8 Å². The largest absolute Gasteiger partial charge is 0.394 e. The monoisotopic (exact) mass is 470 g/mol. The number of benzene rings is 1. The minimum absolute atomic E-state index is 0.0759. The number of aliphatic hydroxyl groups is 1. The van der Waals surface area contributed by atoms with Gasteiger partial charge in [0, 0.05) is 29.9 Å². The second kappa shape index (κ2) is 6.45. The minimum atomic E-state index is -1.07. The molecule has 0 amide bonds. The van der Waals surface area contributed by atoms with E-state index in [-0.39, 0.29) is 22.3 Å². The quantitative estimate of drug-likeness (QED) is 0.714. The van der Waals surface area contributed by atoms with Crippen molar-refractivity contribution in [2.75, 3.05) is 29.9 Å². The number of halogens is 1. The van der Waals surface area contributed by atoms with Crippen molar-refractivity contribution in [2.45, 2.75) is 66.5 Å². The first-order valence-corrected chi connectivity index (χ1v) is 13.2. The van der Waals surface area contributed by atoms with Crippen molar-refractivity contribution < 1.29 is 9.32 Å². The van der Waals surface area contributed by atoms with Gasteiger partial charge in [0.15, 0.2) is 0 Å². The summed E-state index contributed by atoms with van der Waals surface area (Å²) in [6.07, 6.45) is 7.86. The van der Waals surface area contributed by atoms with Crippen LogP contribution in [-0.4, -0.2) is 49.3 Å². The first kappa shape index (κ1) is 19.7. The van der Waals surface area contributed by atoms with Gasteiger partial charge in [0.1, 0.15) is 10.7 Å². The Balaban J connectivity index is 1.19. The maximum Gasteiger partial charge on any atom is 0.227 e. The van der Waals surface area contributed by atoms with Crippen LogP contribution in [0.3, 0.4) is 0 Å². The van der Waals surface area contributed by atoms with Gasteiger partial charge in [0.05, 0.1) is 33.4 Å². The molecule has 0 bridgehead atoms. The molecule has 7 rings (SSSR count). The SMILES string of the molecule is O=S1c2c(nc(N3CC4(Cc5ccc(Cl)cc5C4)C3)nc2NC2(CO)CCC2)CC12CC2. The van der Waals surface area contributed by atoms with Crippen LogP contribution in [-0.2, 0) is 30.1 Å². The lowest BCUT2D eigenvalue weighted by Crippen LogP contribution is -2.58. The Bertz CT molecular complexity index is 1170. The molecule has 8 heteroatoms. The van der Waals surface area contributed by atoms with Crippen molar-refractivity contribution in [3.8, 4) is 0 Å². The molecule has 2 saturated carbocycles. The summed E-state index contributed by atoms with van der Waals surface area (Å²) in [5.41, 5.74) is 3.64. The zero-order valence-corrected chi connectivity index (χ0v) is 19.6. The first-order chi connectivity index (χ1) is 15.4. The van der Waals surface area contributed by atoms with Crippen molar-refractivity contribution in [1.29, 1.82) is 0 Å². The standard InChI is InChI=1S/C24H27ClN4O2S/c25-17-3-2-15-9-22(10-16(15)8-17)12-29(13-22)21-26-18-11-24(6-7-24)32(31)19(18)20(27-21)28-23(14-30)4-1-5-23/h2-3,8,30H,1,4-7,9-14H2,(H,26,27,28). The van der Waals surface area contributed by atoms with Crippen LogP contribution >= 0.6 is 11.6 Å². The summed E-state index contributed by atoms with van der Waals surface area (Å²) >= 11 is 6.22. The average Bonchev–Trinajstić information content (AvgIpc) is 3.30. The number of nitrogens with one attached hydrogen (secondary N) is 1. The van der Waals surface area contributed by atoms with E-state index in [2.05, 4.69) is 22.3 Å². The van der Waals surface area contributed by atoms with Crippen LogP contribution in [0.5, 0.6) is 0 Å². The molecule has 2 spiro atoms. The van der Waals surface area contributed by atoms with Crippen molar-refractivity contribution >= 4 is 34.2 Å². The highest BCUT2D eigenvalue weighted by Gasteiger charge is 2.57. The van der Waals surface area contributed by atoms with Crippen LogP contribution in [0.2, 0.25) is 5.02 Å². The van der Waals surface area contributed by atoms with Gasteiger partial charge in [-0.2, -0.15) is 4.98 Å². The van der Waals surface area contributed by atoms with Crippen molar-refractivity contribution in [2.24, 2.45) is 5.41 Å². The summed E-state index contributed by atoms with van der Waals surface area (Å²) < 4.78 is 13.2. The van der Waals surface area contributed by atoms with Crippen LogP contribution in [0.15, 0.2) is 23.1 Å². The predicted octanol–water partition coefficient (Wildman–Crippen LogP) is 3.26. The molecular weight excluding hydrogens is 444 g/mol. The molecule has 1 aromatic carbocycles. The molecule has 0 radical (unpaired) electrons. The molecule has 32 heavy (non-hydrogen) atoms. The molecule has 2 aromatic rings. The summed E-state index contributed by atoms with van der Waals surface area (Å²) in [6, 6.07) is 6.27. The maximum absolute atomic E-state index is 13.3. The topological polar surface area (TPSA) is 78.4 Å². The van der Waals surface area contributed by atoms with Gasteiger partial charge >= 0.3 is 0 Å². The molecule has 1 saturated heterocycles. The predicted molar refractivity (Wildman–Crippen MR) is 125 cm³/mol. The van der Waals surface area contributed by atoms with E-state index in [9.17, 15) is 9.32 Å². The van der Waals surface area contributed by atoms with E-state index in [0.29, 0.717) is 5.82 Å². The van der Waals surface area contributed by atoms with Gasteiger partial charge in [0.25, 0.3) is 0 Å². The second-order valence-corrected chi connectivity index (χ2v) is 13.1. The van der Waals surface area contributed by atoms with Crippen molar-refractivity contribution in [3.63, 3.8) is 0 Å². The molecule has 1 aromatic heterocycles. The highest BCUT2D eigenvalue weighted by molar-refractivity contribution is 7.87. The van der Waals surface area contributed by atoms with Gasteiger partial charge in [0.2, 0.25) is 5.95 Å². The fourth-order valence-electron chi connectivity index (χ4n) is 6.22. The molecule has 5 aliphatic rings. The van der Waals surface area contributed by atoms with Crippen molar-refractivity contribution in [1.82, 2.24) is 9.97 Å². The van der Waals surface area contributed by atoms with E-state index in [4.69, 9.17) is 21.6 Å². The van der Waals surface area contributed by atoms with Gasteiger partial charge < -0.3 is 15.3 Å². The molecule has 2 N–H and O–H groups in total. The summed E-state index contributed by atoms with van der Waals surface area (Å²) in [7, 11) is -1.07. The number of hydrogen-bond acceptors (Lipinski definition) is 6. The molecule has 3 fully saturated rings. The minimum Gasteiger partial charge on any atom is -0.394 e. The van der Waals surface area contributed by atoms with Gasteiger partial charge in [-0.1, -0.05) is 17.7 Å². The number of anilines is 2. The number of aromatic nitrogens is 2. The van der Waals surface area contributed by atoms with Crippen LogP contribution in [0.1, 0.15) is 48.9 Å². The van der Waals surface area contributed by atoms with E-state index in [1.807, 2.05) is 6.07 Å². The van der Waals surface area contributed by atoms with E-state index in [0.717, 1.165) is 86.0 Å². The van der Waals surface area contributed by atoms with Crippen LogP contribution in [0, 0.1) is 5.41 Å². The number of fused-ring (bicyclic) bond motifs is 2. The Morgan fingerprint density at radius 2 is 1.88 bits per heavy atom. The Labute approximate surface area is 195 Å². The first-order valence-electron chi connectivity index (χ1n) is 11.7. The number of hydrogen-bond donors (Lipinski definition) is 2. The average molecular weight is 471 g/mol. The van der Waals surface area contributed by atoms with Gasteiger partial charge in [-0.15, -0.1) is 0 Å². The summed E-state index contributed by atoms with van der Waals surface area (Å²) in [5.74, 6) is 1.44. The molecule has 2 aliphatic heterocycles. The third-order valence-corrected chi connectivity index (χ3v) is 10.8. The normalized spacial score (nSPS) is 27.1. The summed E-state index contributed by atoms with van der Waals surface area (Å²) in [6.45, 7) is 1.93. The zero-order chi connectivity index (χ0) is 21.7. The van der Waals surface area contributed by atoms with E-state index in [1.165, 1.54) is 11.1 Å². The second-order valence-electron chi connectivity index (χ2n) is 10.8. The Kier molecular flexibility index (Phi) is 3.98. The number of nitrogens with zero attached hydrogens (tertiary/aromatic N) is 3. The third-order valence-electron chi connectivity index (χ3n) is 8.43. The van der Waals surface area contributed by atoms with Crippen LogP contribution in [0.25, 0.3) is 0 Å². The Hall–Kier alpha value is -1.70. The number of rotatable bonds is 4. The lowest BCUT2D eigenvalue weighted by Gasteiger charge is -2.48. The molecule has 1 atom stereocenters. The Morgan fingerprint density at radius 1 is 1.09 bits per heavy atom. The molecular formula is C24H27ClN4O2S. The molecule has 3 heterocycles.